The molecule has 3 N–H and O–H groups in total. The Morgan fingerprint density at radius 3 is 2.19 bits per heavy atom. The third-order valence-electron chi connectivity index (χ3n) is 1.94. The van der Waals surface area contributed by atoms with Crippen molar-refractivity contribution in [2.24, 2.45) is 0 Å². The summed E-state index contributed by atoms with van der Waals surface area (Å²) in [6.45, 7) is 6.43. The number of carbonyl (C=O) groups is 2. The minimum Gasteiger partial charge on any atom is -0.479 e. The summed E-state index contributed by atoms with van der Waals surface area (Å²) in [7, 11) is 0. The zero-order valence-corrected chi connectivity index (χ0v) is 8.63. The lowest BCUT2D eigenvalue weighted by molar-refractivity contribution is -0.190. The van der Waals surface area contributed by atoms with E-state index < -0.39 is 23.6 Å². The standard InChI is InChI=1S/C10H14O6/c1-3-5-10(9(14)15,16-6-4-2)7(11)8(12)13/h3-4,7,11H,1-2,5-6H2,(H,12,13)(H,14,15). The van der Waals surface area contributed by atoms with Crippen LogP contribution in [0, 0.1) is 0 Å². The molecule has 0 amide bonds. The second kappa shape index (κ2) is 6.04. The molecule has 0 saturated heterocycles. The molecule has 16 heavy (non-hydrogen) atoms. The predicted octanol–water partition coefficient (Wildman–Crippen LogP) is 0.0340. The Labute approximate surface area is 92.5 Å². The van der Waals surface area contributed by atoms with Crippen LogP contribution in [0.15, 0.2) is 25.3 Å². The molecule has 0 rings (SSSR count). The van der Waals surface area contributed by atoms with E-state index >= 15 is 0 Å². The zero-order chi connectivity index (χ0) is 12.8. The average Bonchev–Trinajstić information content (AvgIpc) is 2.22. The van der Waals surface area contributed by atoms with E-state index in [-0.39, 0.29) is 13.0 Å². The molecule has 0 bridgehead atoms. The minimum absolute atomic E-state index is 0.190. The first kappa shape index (κ1) is 14.3. The van der Waals surface area contributed by atoms with Crippen LogP contribution >= 0.6 is 0 Å². The molecule has 2 atom stereocenters. The van der Waals surface area contributed by atoms with Crippen LogP contribution in [0.3, 0.4) is 0 Å². The molecule has 6 nitrogen and oxygen atoms in total. The summed E-state index contributed by atoms with van der Waals surface area (Å²) < 4.78 is 4.88. The maximum absolute atomic E-state index is 11.0. The molecule has 0 fully saturated rings. The summed E-state index contributed by atoms with van der Waals surface area (Å²) in [5.41, 5.74) is -2.23. The van der Waals surface area contributed by atoms with Crippen LogP contribution in [-0.4, -0.2) is 45.6 Å². The summed E-state index contributed by atoms with van der Waals surface area (Å²) in [5.74, 6) is -3.24. The molecule has 6 heteroatoms. The number of ether oxygens (including phenoxy) is 1. The van der Waals surface area contributed by atoms with E-state index in [4.69, 9.17) is 14.9 Å². The van der Waals surface area contributed by atoms with Gasteiger partial charge >= 0.3 is 11.9 Å². The van der Waals surface area contributed by atoms with Crippen molar-refractivity contribution >= 4 is 11.9 Å². The highest BCUT2D eigenvalue weighted by Crippen LogP contribution is 2.23. The van der Waals surface area contributed by atoms with Crippen LogP contribution in [0.2, 0.25) is 0 Å². The summed E-state index contributed by atoms with van der Waals surface area (Å²) in [6.07, 6.45) is -0.0783. The molecule has 0 spiro atoms. The Hall–Kier alpha value is -1.66. The molecular formula is C10H14O6. The molecule has 0 aliphatic heterocycles. The molecular weight excluding hydrogens is 216 g/mol. The van der Waals surface area contributed by atoms with Gasteiger partial charge in [0.1, 0.15) is 0 Å². The number of carboxylic acid groups (broad SMARTS) is 2. The number of hydrogen-bond donors (Lipinski definition) is 3. The van der Waals surface area contributed by atoms with Crippen LogP contribution in [0.1, 0.15) is 6.42 Å². The molecule has 2 unspecified atom stereocenters. The monoisotopic (exact) mass is 230 g/mol. The zero-order valence-electron chi connectivity index (χ0n) is 8.63. The number of aliphatic hydroxyl groups excluding tert-OH is 1. The second-order valence-electron chi connectivity index (χ2n) is 3.03. The molecule has 0 saturated carbocycles. The first-order valence-electron chi connectivity index (χ1n) is 4.42. The first-order valence-corrected chi connectivity index (χ1v) is 4.42. The van der Waals surface area contributed by atoms with Gasteiger partial charge in [-0.2, -0.15) is 0 Å². The van der Waals surface area contributed by atoms with E-state index in [2.05, 4.69) is 13.2 Å². The fraction of sp³-hybridized carbons (Fsp3) is 0.400. The van der Waals surface area contributed by atoms with Gasteiger partial charge in [-0.05, 0) is 0 Å². The molecule has 0 heterocycles. The van der Waals surface area contributed by atoms with Crippen molar-refractivity contribution in [3.8, 4) is 0 Å². The molecule has 0 aliphatic carbocycles. The van der Waals surface area contributed by atoms with Gasteiger partial charge in [0.2, 0.25) is 5.60 Å². The Kier molecular flexibility index (Phi) is 5.41. The number of aliphatic carboxylic acids is 2. The SMILES string of the molecule is C=CCOC(CC=C)(C(=O)O)C(O)C(=O)O. The van der Waals surface area contributed by atoms with Gasteiger partial charge in [0.25, 0.3) is 0 Å². The van der Waals surface area contributed by atoms with E-state index in [1.54, 1.807) is 0 Å². The maximum Gasteiger partial charge on any atom is 0.339 e. The minimum atomic E-state index is -2.23. The van der Waals surface area contributed by atoms with Gasteiger partial charge in [0, 0.05) is 6.42 Å². The fourth-order valence-corrected chi connectivity index (χ4v) is 1.14. The summed E-state index contributed by atoms with van der Waals surface area (Å²) in [6, 6.07) is 0. The van der Waals surface area contributed by atoms with Crippen molar-refractivity contribution in [1.29, 1.82) is 0 Å². The van der Waals surface area contributed by atoms with Crippen molar-refractivity contribution in [2.75, 3.05) is 6.61 Å². The van der Waals surface area contributed by atoms with E-state index in [1.165, 1.54) is 12.2 Å². The van der Waals surface area contributed by atoms with Gasteiger partial charge in [-0.15, -0.1) is 13.2 Å². The Balaban J connectivity index is 5.21. The number of rotatable bonds is 8. The maximum atomic E-state index is 11.0. The van der Waals surface area contributed by atoms with Crippen molar-refractivity contribution in [3.05, 3.63) is 25.3 Å². The highest BCUT2D eigenvalue weighted by atomic mass is 16.5. The van der Waals surface area contributed by atoms with Gasteiger partial charge < -0.3 is 20.1 Å². The van der Waals surface area contributed by atoms with E-state index in [9.17, 15) is 14.7 Å². The van der Waals surface area contributed by atoms with Gasteiger partial charge in [-0.25, -0.2) is 9.59 Å². The molecule has 0 aromatic carbocycles. The van der Waals surface area contributed by atoms with Gasteiger partial charge in [-0.1, -0.05) is 12.2 Å². The number of carboxylic acids is 2. The van der Waals surface area contributed by atoms with Crippen LogP contribution in [0.5, 0.6) is 0 Å². The topological polar surface area (TPSA) is 104 Å². The van der Waals surface area contributed by atoms with Crippen LogP contribution in [0.4, 0.5) is 0 Å². The van der Waals surface area contributed by atoms with Crippen molar-refractivity contribution in [1.82, 2.24) is 0 Å². The number of aliphatic hydroxyl groups is 1. The number of hydrogen-bond acceptors (Lipinski definition) is 4. The lowest BCUT2D eigenvalue weighted by atomic mass is 9.92. The van der Waals surface area contributed by atoms with Gasteiger partial charge in [0.05, 0.1) is 6.61 Å². The Bertz CT molecular complexity index is 298. The summed E-state index contributed by atoms with van der Waals surface area (Å²) >= 11 is 0. The van der Waals surface area contributed by atoms with Crippen molar-refractivity contribution in [3.63, 3.8) is 0 Å². The van der Waals surface area contributed by atoms with Crippen LogP contribution in [0.25, 0.3) is 0 Å². The normalized spacial score (nSPS) is 15.8. The van der Waals surface area contributed by atoms with E-state index in [0.29, 0.717) is 0 Å². The van der Waals surface area contributed by atoms with Gasteiger partial charge in [-0.3, -0.25) is 0 Å². The quantitative estimate of drug-likeness (QED) is 0.508. The third kappa shape index (κ3) is 2.91. The van der Waals surface area contributed by atoms with Crippen LogP contribution in [-0.2, 0) is 14.3 Å². The average molecular weight is 230 g/mol. The van der Waals surface area contributed by atoms with Crippen molar-refractivity contribution in [2.45, 2.75) is 18.1 Å². The smallest absolute Gasteiger partial charge is 0.339 e. The summed E-state index contributed by atoms with van der Waals surface area (Å²) in [5, 5.41) is 27.0. The van der Waals surface area contributed by atoms with E-state index in [0.717, 1.165) is 0 Å². The van der Waals surface area contributed by atoms with Crippen molar-refractivity contribution < 1.29 is 29.6 Å². The Morgan fingerprint density at radius 2 is 1.88 bits per heavy atom. The predicted molar refractivity (Wildman–Crippen MR) is 55.0 cm³/mol. The van der Waals surface area contributed by atoms with Crippen LogP contribution < -0.4 is 0 Å². The molecule has 90 valence electrons. The molecule has 0 radical (unpaired) electrons. The highest BCUT2D eigenvalue weighted by molar-refractivity contribution is 5.87. The molecule has 0 aromatic rings. The third-order valence-corrected chi connectivity index (χ3v) is 1.94. The second-order valence-corrected chi connectivity index (χ2v) is 3.03. The molecule has 0 aliphatic rings. The van der Waals surface area contributed by atoms with Gasteiger partial charge in [0.15, 0.2) is 6.10 Å². The summed E-state index contributed by atoms with van der Waals surface area (Å²) in [4.78, 5) is 21.7. The largest absolute Gasteiger partial charge is 0.479 e. The first-order chi connectivity index (χ1) is 7.42. The molecule has 0 aromatic heterocycles. The Morgan fingerprint density at radius 1 is 1.31 bits per heavy atom. The highest BCUT2D eigenvalue weighted by Gasteiger charge is 2.49. The lowest BCUT2D eigenvalue weighted by Crippen LogP contribution is -2.55. The van der Waals surface area contributed by atoms with E-state index in [1.807, 2.05) is 0 Å². The fourth-order valence-electron chi connectivity index (χ4n) is 1.14. The lowest BCUT2D eigenvalue weighted by Gasteiger charge is -2.30.